The second kappa shape index (κ2) is 6.04. The van der Waals surface area contributed by atoms with Crippen molar-refractivity contribution in [2.75, 3.05) is 0 Å². The highest BCUT2D eigenvalue weighted by atomic mass is 16.5. The lowest BCUT2D eigenvalue weighted by molar-refractivity contribution is -0.605. The lowest BCUT2D eigenvalue weighted by atomic mass is 10.1. The first-order valence-corrected chi connectivity index (χ1v) is 7.07. The molecule has 2 heterocycles. The van der Waals surface area contributed by atoms with Crippen LogP contribution in [0.4, 0.5) is 0 Å². The number of aromatic nitrogens is 1. The standard InChI is InChI=1S/C17H13NO6/c1-10-14(19)3-2-13-12(8-15(20)24-16(10)13)9-23-17(21)11-4-6-18(22)7-5-11/h2-8,19H,9H2,1H3. The van der Waals surface area contributed by atoms with Gasteiger partial charge >= 0.3 is 11.6 Å². The molecule has 0 bridgehead atoms. The van der Waals surface area contributed by atoms with E-state index in [1.165, 1.54) is 36.7 Å². The molecule has 7 nitrogen and oxygen atoms in total. The highest BCUT2D eigenvalue weighted by Gasteiger charge is 2.13. The van der Waals surface area contributed by atoms with Crippen molar-refractivity contribution in [2.24, 2.45) is 0 Å². The van der Waals surface area contributed by atoms with E-state index < -0.39 is 11.6 Å². The Morgan fingerprint density at radius 2 is 2.00 bits per heavy atom. The number of esters is 1. The van der Waals surface area contributed by atoms with E-state index in [2.05, 4.69) is 0 Å². The quantitative estimate of drug-likeness (QED) is 0.340. The van der Waals surface area contributed by atoms with Crippen molar-refractivity contribution in [2.45, 2.75) is 13.5 Å². The number of phenolic OH excluding ortho intramolecular Hbond substituents is 1. The predicted octanol–water partition coefficient (Wildman–Crippen LogP) is 1.80. The Morgan fingerprint density at radius 3 is 2.71 bits per heavy atom. The van der Waals surface area contributed by atoms with Gasteiger partial charge in [0.2, 0.25) is 0 Å². The first kappa shape index (κ1) is 15.5. The summed E-state index contributed by atoms with van der Waals surface area (Å²) in [5.41, 5.74) is 0.770. The molecule has 0 unspecified atom stereocenters. The van der Waals surface area contributed by atoms with Gasteiger partial charge in [-0.3, -0.25) is 0 Å². The van der Waals surface area contributed by atoms with Gasteiger partial charge in [-0.1, -0.05) is 0 Å². The van der Waals surface area contributed by atoms with Crippen molar-refractivity contribution < 1.29 is 23.8 Å². The summed E-state index contributed by atoms with van der Waals surface area (Å²) >= 11 is 0. The minimum atomic E-state index is -0.618. The molecule has 7 heteroatoms. The maximum Gasteiger partial charge on any atom is 0.338 e. The van der Waals surface area contributed by atoms with Crippen LogP contribution in [0.3, 0.4) is 0 Å². The van der Waals surface area contributed by atoms with E-state index in [1.54, 1.807) is 13.0 Å². The molecule has 0 aliphatic heterocycles. The number of hydrogen-bond acceptors (Lipinski definition) is 6. The Morgan fingerprint density at radius 1 is 1.29 bits per heavy atom. The molecule has 0 saturated heterocycles. The smallest absolute Gasteiger partial charge is 0.338 e. The number of hydrogen-bond donors (Lipinski definition) is 1. The van der Waals surface area contributed by atoms with Gasteiger partial charge in [-0.2, -0.15) is 4.73 Å². The highest BCUT2D eigenvalue weighted by Crippen LogP contribution is 2.27. The summed E-state index contributed by atoms with van der Waals surface area (Å²) in [4.78, 5) is 23.7. The van der Waals surface area contributed by atoms with Gasteiger partial charge in [0.1, 0.15) is 17.9 Å². The fourth-order valence-corrected chi connectivity index (χ4v) is 2.31. The first-order chi connectivity index (χ1) is 11.5. The fourth-order valence-electron chi connectivity index (χ4n) is 2.31. The van der Waals surface area contributed by atoms with E-state index >= 15 is 0 Å². The molecule has 0 saturated carbocycles. The summed E-state index contributed by atoms with van der Waals surface area (Å²) in [6.07, 6.45) is 2.38. The Hall–Kier alpha value is -3.35. The topological polar surface area (TPSA) is 104 Å². The lowest BCUT2D eigenvalue weighted by Crippen LogP contribution is -2.24. The van der Waals surface area contributed by atoms with Gasteiger partial charge in [-0.05, 0) is 19.1 Å². The van der Waals surface area contributed by atoms with Crippen molar-refractivity contribution in [1.82, 2.24) is 0 Å². The number of carbonyl (C=O) groups excluding carboxylic acids is 1. The number of fused-ring (bicyclic) bond motifs is 1. The van der Waals surface area contributed by atoms with Gasteiger partial charge in [0.25, 0.3) is 0 Å². The van der Waals surface area contributed by atoms with Crippen LogP contribution in [0.5, 0.6) is 5.75 Å². The summed E-state index contributed by atoms with van der Waals surface area (Å²) in [5, 5.41) is 21.3. The zero-order chi connectivity index (χ0) is 17.3. The minimum Gasteiger partial charge on any atom is -0.619 e. The van der Waals surface area contributed by atoms with Crippen LogP contribution in [-0.4, -0.2) is 11.1 Å². The summed E-state index contributed by atoms with van der Waals surface area (Å²) < 4.78 is 10.9. The second-order valence-corrected chi connectivity index (χ2v) is 5.20. The third kappa shape index (κ3) is 2.91. The number of phenols is 1. The van der Waals surface area contributed by atoms with Gasteiger partial charge in [-0.25, -0.2) is 9.59 Å². The summed E-state index contributed by atoms with van der Waals surface area (Å²) in [6.45, 7) is 1.48. The lowest BCUT2D eigenvalue weighted by Gasteiger charge is -2.09. The van der Waals surface area contributed by atoms with Crippen molar-refractivity contribution in [3.63, 3.8) is 0 Å². The Kier molecular flexibility index (Phi) is 3.91. The second-order valence-electron chi connectivity index (χ2n) is 5.20. The van der Waals surface area contributed by atoms with Crippen LogP contribution in [-0.2, 0) is 11.3 Å². The molecule has 0 amide bonds. The van der Waals surface area contributed by atoms with Crippen LogP contribution in [0.2, 0.25) is 0 Å². The third-order valence-corrected chi connectivity index (χ3v) is 3.61. The number of aryl methyl sites for hydroxylation is 1. The summed E-state index contributed by atoms with van der Waals surface area (Å²) in [6, 6.07) is 6.99. The monoisotopic (exact) mass is 327 g/mol. The van der Waals surface area contributed by atoms with Crippen molar-refractivity contribution in [1.29, 1.82) is 0 Å². The number of benzene rings is 1. The molecular weight excluding hydrogens is 314 g/mol. The van der Waals surface area contributed by atoms with E-state index in [0.717, 1.165) is 0 Å². The minimum absolute atomic E-state index is 0.00926. The molecule has 1 aromatic carbocycles. The molecule has 0 atom stereocenters. The van der Waals surface area contributed by atoms with Gasteiger partial charge < -0.3 is 19.5 Å². The Labute approximate surface area is 135 Å². The molecule has 0 aliphatic rings. The summed E-state index contributed by atoms with van der Waals surface area (Å²) in [7, 11) is 0. The molecule has 2 aromatic heterocycles. The molecule has 3 rings (SSSR count). The zero-order valence-electron chi connectivity index (χ0n) is 12.7. The van der Waals surface area contributed by atoms with E-state index in [0.29, 0.717) is 21.2 Å². The number of aromatic hydroxyl groups is 1. The Balaban J connectivity index is 1.90. The average molecular weight is 327 g/mol. The molecule has 0 radical (unpaired) electrons. The molecule has 0 aliphatic carbocycles. The van der Waals surface area contributed by atoms with E-state index in [1.807, 2.05) is 0 Å². The third-order valence-electron chi connectivity index (χ3n) is 3.61. The van der Waals surface area contributed by atoms with Gasteiger partial charge in [-0.15, -0.1) is 0 Å². The van der Waals surface area contributed by atoms with Crippen molar-refractivity contribution in [3.05, 3.63) is 75.0 Å². The van der Waals surface area contributed by atoms with Gasteiger partial charge in [0.15, 0.2) is 12.4 Å². The number of pyridine rings is 1. The van der Waals surface area contributed by atoms with Crippen LogP contribution in [0, 0.1) is 12.1 Å². The van der Waals surface area contributed by atoms with Crippen LogP contribution >= 0.6 is 0 Å². The van der Waals surface area contributed by atoms with E-state index in [4.69, 9.17) is 9.15 Å². The van der Waals surface area contributed by atoms with E-state index in [-0.39, 0.29) is 23.5 Å². The molecular formula is C17H13NO6. The van der Waals surface area contributed by atoms with Crippen molar-refractivity contribution >= 4 is 16.9 Å². The number of carbonyl (C=O) groups is 1. The van der Waals surface area contributed by atoms with Gasteiger partial charge in [0, 0.05) is 34.7 Å². The van der Waals surface area contributed by atoms with Crippen LogP contribution in [0.1, 0.15) is 21.5 Å². The fraction of sp³-hybridized carbons (Fsp3) is 0.118. The number of nitrogens with zero attached hydrogens (tertiary/aromatic N) is 1. The molecule has 0 spiro atoms. The normalized spacial score (nSPS) is 10.7. The van der Waals surface area contributed by atoms with Crippen LogP contribution in [0.25, 0.3) is 11.0 Å². The molecule has 0 fully saturated rings. The number of rotatable bonds is 3. The molecule has 1 N–H and O–H groups in total. The Bertz CT molecular complexity index is 975. The first-order valence-electron chi connectivity index (χ1n) is 7.07. The summed E-state index contributed by atoms with van der Waals surface area (Å²) in [5.74, 6) is -0.609. The van der Waals surface area contributed by atoms with Crippen LogP contribution < -0.4 is 10.4 Å². The molecule has 3 aromatic rings. The maximum absolute atomic E-state index is 12.0. The van der Waals surface area contributed by atoms with E-state index in [9.17, 15) is 19.9 Å². The van der Waals surface area contributed by atoms with Crippen LogP contribution in [0.15, 0.2) is 51.9 Å². The van der Waals surface area contributed by atoms with Crippen molar-refractivity contribution in [3.8, 4) is 5.75 Å². The molecule has 24 heavy (non-hydrogen) atoms. The maximum atomic E-state index is 12.0. The average Bonchev–Trinajstić information content (AvgIpc) is 2.56. The van der Waals surface area contributed by atoms with Gasteiger partial charge in [0.05, 0.1) is 5.56 Å². The largest absolute Gasteiger partial charge is 0.619 e. The zero-order valence-corrected chi connectivity index (χ0v) is 12.7. The molecule has 122 valence electrons. The SMILES string of the molecule is Cc1c(O)ccc2c(COC(=O)c3cc[n+]([O-])cc3)cc(=O)oc12. The number of ether oxygens (including phenoxy) is 1. The predicted molar refractivity (Wildman–Crippen MR) is 83.4 cm³/mol. The highest BCUT2D eigenvalue weighted by molar-refractivity contribution is 5.89.